The summed E-state index contributed by atoms with van der Waals surface area (Å²) in [6.07, 6.45) is 1.66. The highest BCUT2D eigenvalue weighted by atomic mass is 19.1. The molecule has 4 rings (SSSR count). The van der Waals surface area contributed by atoms with Crippen LogP contribution < -0.4 is 10.2 Å². The van der Waals surface area contributed by atoms with Gasteiger partial charge in [0.25, 0.3) is 0 Å². The number of aromatic nitrogens is 3. The number of likely N-dealkylation sites (N-methyl/N-ethyl adjacent to an activating group) is 1. The van der Waals surface area contributed by atoms with E-state index in [2.05, 4.69) is 32.2 Å². The molecule has 1 saturated heterocycles. The molecule has 2 heterocycles. The van der Waals surface area contributed by atoms with Gasteiger partial charge in [-0.15, -0.1) is 5.10 Å². The fraction of sp³-hybridized carbons (Fsp3) is 0.300. The predicted octanol–water partition coefficient (Wildman–Crippen LogP) is 3.21. The largest absolute Gasteiger partial charge is 0.367 e. The number of halogens is 1. The molecule has 6 nitrogen and oxygen atoms in total. The normalized spacial score (nSPS) is 15.1. The minimum atomic E-state index is -0.159. The molecule has 1 N–H and O–H groups in total. The van der Waals surface area contributed by atoms with E-state index >= 15 is 0 Å². The number of rotatable bonds is 4. The molecular weight excluding hydrogens is 343 g/mol. The maximum atomic E-state index is 14.7. The minimum absolute atomic E-state index is 0.159. The number of hydrogen-bond donors (Lipinski definition) is 1. The molecule has 2 aromatic carbocycles. The van der Waals surface area contributed by atoms with Gasteiger partial charge in [-0.3, -0.25) is 0 Å². The smallest absolute Gasteiger partial charge is 0.246 e. The summed E-state index contributed by atoms with van der Waals surface area (Å²) in [5.74, 6) is 0.321. The summed E-state index contributed by atoms with van der Waals surface area (Å²) in [4.78, 5) is 8.67. The van der Waals surface area contributed by atoms with Crippen LogP contribution in [0.15, 0.2) is 48.8 Å². The number of anilines is 3. The molecule has 1 aromatic heterocycles. The average molecular weight is 366 g/mol. The maximum absolute atomic E-state index is 14.7. The van der Waals surface area contributed by atoms with Gasteiger partial charge < -0.3 is 15.1 Å². The quantitative estimate of drug-likeness (QED) is 0.768. The van der Waals surface area contributed by atoms with Crippen LogP contribution in [0.1, 0.15) is 5.56 Å². The lowest BCUT2D eigenvalue weighted by Gasteiger charge is -2.34. The van der Waals surface area contributed by atoms with E-state index in [0.717, 1.165) is 37.6 Å². The molecular formula is C20H23FN6. The first kappa shape index (κ1) is 17.5. The summed E-state index contributed by atoms with van der Waals surface area (Å²) in [6.45, 7) is 5.28. The Kier molecular flexibility index (Phi) is 4.77. The van der Waals surface area contributed by atoms with Crippen molar-refractivity contribution < 1.29 is 4.39 Å². The predicted molar refractivity (Wildman–Crippen MR) is 105 cm³/mol. The molecule has 0 aliphatic carbocycles. The van der Waals surface area contributed by atoms with Crippen LogP contribution in [0.5, 0.6) is 0 Å². The first-order chi connectivity index (χ1) is 13.1. The Hall–Kier alpha value is -2.93. The van der Waals surface area contributed by atoms with E-state index in [1.165, 1.54) is 0 Å². The molecule has 27 heavy (non-hydrogen) atoms. The zero-order valence-corrected chi connectivity index (χ0v) is 15.6. The van der Waals surface area contributed by atoms with Crippen LogP contribution in [0, 0.1) is 12.7 Å². The van der Waals surface area contributed by atoms with Gasteiger partial charge in [0.1, 0.15) is 12.1 Å². The zero-order valence-electron chi connectivity index (χ0n) is 15.6. The summed E-state index contributed by atoms with van der Waals surface area (Å²) in [6, 6.07) is 13.4. The topological polar surface area (TPSA) is 49.2 Å². The van der Waals surface area contributed by atoms with Crippen LogP contribution >= 0.6 is 0 Å². The molecule has 1 fully saturated rings. The van der Waals surface area contributed by atoms with Crippen LogP contribution in [-0.4, -0.2) is 52.9 Å². The van der Waals surface area contributed by atoms with Crippen molar-refractivity contribution in [1.29, 1.82) is 0 Å². The molecule has 3 aromatic rings. The number of aryl methyl sites for hydroxylation is 1. The molecule has 1 aliphatic heterocycles. The van der Waals surface area contributed by atoms with Crippen molar-refractivity contribution in [3.8, 4) is 5.69 Å². The third-order valence-corrected chi connectivity index (χ3v) is 4.85. The molecule has 0 amide bonds. The number of para-hydroxylation sites is 1. The van der Waals surface area contributed by atoms with E-state index in [4.69, 9.17) is 0 Å². The molecule has 0 radical (unpaired) electrons. The van der Waals surface area contributed by atoms with Crippen molar-refractivity contribution in [3.63, 3.8) is 0 Å². The summed E-state index contributed by atoms with van der Waals surface area (Å²) in [5.41, 5.74) is 2.96. The van der Waals surface area contributed by atoms with Gasteiger partial charge >= 0.3 is 0 Å². The highest BCUT2D eigenvalue weighted by Gasteiger charge is 2.19. The summed E-state index contributed by atoms with van der Waals surface area (Å²) < 4.78 is 16.4. The Morgan fingerprint density at radius 1 is 1.04 bits per heavy atom. The van der Waals surface area contributed by atoms with Gasteiger partial charge in [0.05, 0.1) is 11.4 Å². The lowest BCUT2D eigenvalue weighted by Crippen LogP contribution is -2.44. The number of benzene rings is 2. The lowest BCUT2D eigenvalue weighted by molar-refractivity contribution is 0.311. The third-order valence-electron chi connectivity index (χ3n) is 4.85. The maximum Gasteiger partial charge on any atom is 0.246 e. The molecule has 7 heteroatoms. The van der Waals surface area contributed by atoms with Crippen LogP contribution in [0.3, 0.4) is 0 Å². The van der Waals surface area contributed by atoms with Gasteiger partial charge in [0.2, 0.25) is 5.95 Å². The molecule has 1 aliphatic rings. The Morgan fingerprint density at radius 2 is 1.78 bits per heavy atom. The van der Waals surface area contributed by atoms with Crippen LogP contribution in [0.4, 0.5) is 21.7 Å². The fourth-order valence-corrected chi connectivity index (χ4v) is 3.26. The Bertz CT molecular complexity index is 915. The Morgan fingerprint density at radius 3 is 2.52 bits per heavy atom. The summed E-state index contributed by atoms with van der Waals surface area (Å²) >= 11 is 0. The van der Waals surface area contributed by atoms with Gasteiger partial charge in [-0.2, -0.15) is 4.98 Å². The monoisotopic (exact) mass is 366 g/mol. The van der Waals surface area contributed by atoms with E-state index in [9.17, 15) is 4.39 Å². The van der Waals surface area contributed by atoms with Gasteiger partial charge in [-0.25, -0.2) is 9.07 Å². The molecule has 0 bridgehead atoms. The lowest BCUT2D eigenvalue weighted by atomic mass is 10.1. The molecule has 0 unspecified atom stereocenters. The van der Waals surface area contributed by atoms with Crippen molar-refractivity contribution in [2.75, 3.05) is 43.4 Å². The van der Waals surface area contributed by atoms with Crippen molar-refractivity contribution in [2.45, 2.75) is 6.92 Å². The van der Waals surface area contributed by atoms with Crippen molar-refractivity contribution >= 4 is 17.3 Å². The second kappa shape index (κ2) is 7.36. The van der Waals surface area contributed by atoms with Gasteiger partial charge in [-0.1, -0.05) is 18.2 Å². The van der Waals surface area contributed by atoms with E-state index in [1.807, 2.05) is 36.4 Å². The van der Waals surface area contributed by atoms with Crippen LogP contribution in [-0.2, 0) is 0 Å². The first-order valence-corrected chi connectivity index (χ1v) is 9.08. The molecule has 0 spiro atoms. The third kappa shape index (κ3) is 3.78. The summed E-state index contributed by atoms with van der Waals surface area (Å²) in [5, 5.41) is 7.66. The van der Waals surface area contributed by atoms with Gasteiger partial charge in [0.15, 0.2) is 0 Å². The van der Waals surface area contributed by atoms with Crippen LogP contribution in [0.2, 0.25) is 0 Å². The molecule has 0 atom stereocenters. The Labute approximate surface area is 158 Å². The van der Waals surface area contributed by atoms with Crippen molar-refractivity contribution in [3.05, 3.63) is 60.2 Å². The second-order valence-electron chi connectivity index (χ2n) is 6.89. The van der Waals surface area contributed by atoms with E-state index < -0.39 is 0 Å². The van der Waals surface area contributed by atoms with E-state index in [1.54, 1.807) is 24.0 Å². The van der Waals surface area contributed by atoms with E-state index in [-0.39, 0.29) is 5.82 Å². The van der Waals surface area contributed by atoms with Crippen LogP contribution in [0.25, 0.3) is 5.69 Å². The number of nitrogens with zero attached hydrogens (tertiary/aromatic N) is 5. The fourth-order valence-electron chi connectivity index (χ4n) is 3.26. The van der Waals surface area contributed by atoms with Gasteiger partial charge in [0, 0.05) is 31.9 Å². The second-order valence-corrected chi connectivity index (χ2v) is 6.89. The van der Waals surface area contributed by atoms with Crippen molar-refractivity contribution in [2.24, 2.45) is 0 Å². The zero-order chi connectivity index (χ0) is 18.8. The molecule has 140 valence electrons. The van der Waals surface area contributed by atoms with E-state index in [0.29, 0.717) is 17.2 Å². The standard InChI is InChI=1S/C20H23FN6/c1-15-12-16(13-18(19(15)21)26-10-8-25(2)9-11-26)23-20-22-14-27(24-20)17-6-4-3-5-7-17/h3-7,12-14H,8-11H2,1-2H3,(H,23,24). The van der Waals surface area contributed by atoms with Crippen molar-refractivity contribution in [1.82, 2.24) is 19.7 Å². The summed E-state index contributed by atoms with van der Waals surface area (Å²) in [7, 11) is 2.09. The number of nitrogens with one attached hydrogen (secondary N) is 1. The Balaban J connectivity index is 1.57. The highest BCUT2D eigenvalue weighted by molar-refractivity contribution is 5.65. The minimum Gasteiger partial charge on any atom is -0.367 e. The first-order valence-electron chi connectivity index (χ1n) is 9.08. The van der Waals surface area contributed by atoms with Gasteiger partial charge in [-0.05, 0) is 43.8 Å². The SMILES string of the molecule is Cc1cc(Nc2ncn(-c3ccccc3)n2)cc(N2CCN(C)CC2)c1F. The number of hydrogen-bond acceptors (Lipinski definition) is 5. The highest BCUT2D eigenvalue weighted by Crippen LogP contribution is 2.29. The average Bonchev–Trinajstić information content (AvgIpc) is 3.14. The molecule has 0 saturated carbocycles. The number of piperazine rings is 1.